The first-order valence-electron chi connectivity index (χ1n) is 7.41. The van der Waals surface area contributed by atoms with Crippen molar-refractivity contribution in [2.24, 2.45) is 4.99 Å². The molecule has 0 spiro atoms. The molecule has 0 saturated carbocycles. The molecule has 0 radical (unpaired) electrons. The van der Waals surface area contributed by atoms with Gasteiger partial charge in [-0.3, -0.25) is 4.79 Å². The maximum Gasteiger partial charge on any atom is 0.242 e. The van der Waals surface area contributed by atoms with Gasteiger partial charge in [0.25, 0.3) is 0 Å². The van der Waals surface area contributed by atoms with Gasteiger partial charge in [-0.2, -0.15) is 0 Å². The average molecular weight is 422 g/mol. The number of hydrogen-bond donors (Lipinski definition) is 1. The zero-order valence-electron chi connectivity index (χ0n) is 13.8. The largest absolute Gasteiger partial charge is 0.467 e. The molecule has 1 amide bonds. The van der Waals surface area contributed by atoms with E-state index in [0.29, 0.717) is 19.0 Å². The third kappa shape index (κ3) is 6.67. The number of aliphatic imine (C=N–C) groups is 1. The van der Waals surface area contributed by atoms with Crippen LogP contribution in [0.15, 0.2) is 27.8 Å². The van der Waals surface area contributed by atoms with Crippen LogP contribution in [0.2, 0.25) is 0 Å². The van der Waals surface area contributed by atoms with Crippen molar-refractivity contribution < 1.29 is 9.21 Å². The number of likely N-dealkylation sites (N-methyl/N-ethyl adjacent to an activating group) is 2. The number of carbonyl (C=O) groups is 1. The minimum atomic E-state index is 0. The molecule has 0 bridgehead atoms. The van der Waals surface area contributed by atoms with Crippen LogP contribution >= 0.6 is 24.0 Å². The first-order chi connectivity index (χ1) is 10.1. The Kier molecular flexibility index (Phi) is 10.7. The Bertz CT molecular complexity index is 444. The molecule has 0 aromatic carbocycles. The van der Waals surface area contributed by atoms with E-state index in [4.69, 9.17) is 4.42 Å². The molecule has 7 heteroatoms. The van der Waals surface area contributed by atoms with E-state index in [0.717, 1.165) is 25.4 Å². The Labute approximate surface area is 150 Å². The minimum Gasteiger partial charge on any atom is -0.467 e. The summed E-state index contributed by atoms with van der Waals surface area (Å²) in [6.07, 6.45) is 1.63. The van der Waals surface area contributed by atoms with Gasteiger partial charge in [0.05, 0.1) is 12.8 Å². The van der Waals surface area contributed by atoms with Crippen molar-refractivity contribution in [2.75, 3.05) is 33.2 Å². The molecule has 0 aliphatic rings. The molecular formula is C15H27IN4O2. The number of carbonyl (C=O) groups excluding carboxylic acids is 1. The van der Waals surface area contributed by atoms with Crippen molar-refractivity contribution in [3.05, 3.63) is 24.2 Å². The molecule has 1 N–H and O–H groups in total. The highest BCUT2D eigenvalue weighted by Gasteiger charge is 2.14. The minimum absolute atomic E-state index is 0. The van der Waals surface area contributed by atoms with Crippen molar-refractivity contribution in [3.63, 3.8) is 0 Å². The number of amides is 1. The Balaban J connectivity index is 0.00000441. The number of halogens is 1. The summed E-state index contributed by atoms with van der Waals surface area (Å²) in [5, 5.41) is 3.19. The number of hydrogen-bond acceptors (Lipinski definition) is 3. The summed E-state index contributed by atoms with van der Waals surface area (Å²) in [5.41, 5.74) is 0. The van der Waals surface area contributed by atoms with E-state index in [1.54, 1.807) is 6.26 Å². The fraction of sp³-hybridized carbons (Fsp3) is 0.600. The fourth-order valence-corrected chi connectivity index (χ4v) is 1.98. The van der Waals surface area contributed by atoms with Crippen molar-refractivity contribution >= 4 is 35.8 Å². The standard InChI is InChI=1S/C15H26N4O2.HI/c1-5-16-15(17-11-13-9-8-10-21-13)18(4)12-14(20)19(6-2)7-3;/h8-10H,5-7,11-12H2,1-4H3,(H,16,17);1H. The van der Waals surface area contributed by atoms with Crippen molar-refractivity contribution in [1.29, 1.82) is 0 Å². The Hall–Kier alpha value is -1.25. The zero-order chi connectivity index (χ0) is 15.7. The highest BCUT2D eigenvalue weighted by atomic mass is 127. The molecule has 0 saturated heterocycles. The molecule has 0 atom stereocenters. The quantitative estimate of drug-likeness (QED) is 0.416. The predicted molar refractivity (Wildman–Crippen MR) is 99.5 cm³/mol. The highest BCUT2D eigenvalue weighted by Crippen LogP contribution is 2.02. The summed E-state index contributed by atoms with van der Waals surface area (Å²) in [6.45, 7) is 8.94. The van der Waals surface area contributed by atoms with E-state index in [9.17, 15) is 4.79 Å². The van der Waals surface area contributed by atoms with Gasteiger partial charge in [-0.25, -0.2) is 4.99 Å². The monoisotopic (exact) mass is 422 g/mol. The van der Waals surface area contributed by atoms with Crippen LogP contribution < -0.4 is 5.32 Å². The summed E-state index contributed by atoms with van der Waals surface area (Å²) < 4.78 is 5.27. The van der Waals surface area contributed by atoms with E-state index >= 15 is 0 Å². The maximum atomic E-state index is 12.1. The molecule has 0 fully saturated rings. The number of nitrogens with zero attached hydrogens (tertiary/aromatic N) is 3. The summed E-state index contributed by atoms with van der Waals surface area (Å²) in [7, 11) is 1.87. The van der Waals surface area contributed by atoms with Gasteiger partial charge in [-0.15, -0.1) is 24.0 Å². The van der Waals surface area contributed by atoms with E-state index in [-0.39, 0.29) is 29.9 Å². The summed E-state index contributed by atoms with van der Waals surface area (Å²) in [4.78, 5) is 20.3. The van der Waals surface area contributed by atoms with Crippen LogP contribution in [0, 0.1) is 0 Å². The lowest BCUT2D eigenvalue weighted by Crippen LogP contribution is -2.45. The van der Waals surface area contributed by atoms with Crippen molar-refractivity contribution in [3.8, 4) is 0 Å². The van der Waals surface area contributed by atoms with Gasteiger partial charge in [0.1, 0.15) is 12.3 Å². The second-order valence-corrected chi connectivity index (χ2v) is 4.67. The van der Waals surface area contributed by atoms with E-state index in [2.05, 4.69) is 10.3 Å². The van der Waals surface area contributed by atoms with Crippen LogP contribution in [0.3, 0.4) is 0 Å². The highest BCUT2D eigenvalue weighted by molar-refractivity contribution is 14.0. The molecule has 1 heterocycles. The molecular weight excluding hydrogens is 395 g/mol. The number of guanidine groups is 1. The summed E-state index contributed by atoms with van der Waals surface area (Å²) >= 11 is 0. The van der Waals surface area contributed by atoms with E-state index in [1.165, 1.54) is 0 Å². The molecule has 1 aromatic rings. The lowest BCUT2D eigenvalue weighted by atomic mass is 10.4. The maximum absolute atomic E-state index is 12.1. The van der Waals surface area contributed by atoms with Crippen LogP contribution in [0.5, 0.6) is 0 Å². The summed E-state index contributed by atoms with van der Waals surface area (Å²) in [6, 6.07) is 3.72. The number of furan rings is 1. The molecule has 0 unspecified atom stereocenters. The molecule has 0 aliphatic carbocycles. The van der Waals surface area contributed by atoms with Crippen LogP contribution in [-0.2, 0) is 11.3 Å². The fourth-order valence-electron chi connectivity index (χ4n) is 1.98. The molecule has 22 heavy (non-hydrogen) atoms. The van der Waals surface area contributed by atoms with Gasteiger partial charge in [0.15, 0.2) is 5.96 Å². The lowest BCUT2D eigenvalue weighted by Gasteiger charge is -2.25. The SMILES string of the molecule is CCNC(=NCc1ccco1)N(C)CC(=O)N(CC)CC.I. The van der Waals surface area contributed by atoms with E-state index < -0.39 is 0 Å². The van der Waals surface area contributed by atoms with Gasteiger partial charge in [0.2, 0.25) is 5.91 Å². The van der Waals surface area contributed by atoms with Crippen LogP contribution in [0.4, 0.5) is 0 Å². The first kappa shape index (κ1) is 20.8. The number of rotatable bonds is 7. The molecule has 6 nitrogen and oxygen atoms in total. The smallest absolute Gasteiger partial charge is 0.242 e. The van der Waals surface area contributed by atoms with E-state index in [1.807, 2.05) is 49.8 Å². The molecule has 1 rings (SSSR count). The van der Waals surface area contributed by atoms with Gasteiger partial charge in [-0.05, 0) is 32.9 Å². The normalized spacial score (nSPS) is 10.8. The first-order valence-corrected chi connectivity index (χ1v) is 7.41. The predicted octanol–water partition coefficient (Wildman–Crippen LogP) is 2.16. The van der Waals surface area contributed by atoms with Crippen LogP contribution in [0.25, 0.3) is 0 Å². The zero-order valence-corrected chi connectivity index (χ0v) is 16.2. The van der Waals surface area contributed by atoms with Gasteiger partial charge < -0.3 is 19.5 Å². The topological polar surface area (TPSA) is 61.1 Å². The Morgan fingerprint density at radius 1 is 1.32 bits per heavy atom. The molecule has 0 aliphatic heterocycles. The average Bonchev–Trinajstić information content (AvgIpc) is 2.97. The van der Waals surface area contributed by atoms with Crippen LogP contribution in [0.1, 0.15) is 26.5 Å². The summed E-state index contributed by atoms with van der Waals surface area (Å²) in [5.74, 6) is 1.61. The van der Waals surface area contributed by atoms with Gasteiger partial charge in [-0.1, -0.05) is 0 Å². The molecule has 126 valence electrons. The third-order valence-electron chi connectivity index (χ3n) is 3.15. The van der Waals surface area contributed by atoms with Crippen LogP contribution in [-0.4, -0.2) is 54.9 Å². The van der Waals surface area contributed by atoms with Crippen molar-refractivity contribution in [1.82, 2.24) is 15.1 Å². The van der Waals surface area contributed by atoms with Gasteiger partial charge in [0, 0.05) is 26.7 Å². The van der Waals surface area contributed by atoms with Crippen molar-refractivity contribution in [2.45, 2.75) is 27.3 Å². The van der Waals surface area contributed by atoms with Gasteiger partial charge >= 0.3 is 0 Å². The second kappa shape index (κ2) is 11.3. The Morgan fingerprint density at radius 3 is 2.50 bits per heavy atom. The lowest BCUT2D eigenvalue weighted by molar-refractivity contribution is -0.131. The number of nitrogens with one attached hydrogen (secondary N) is 1. The molecule has 1 aromatic heterocycles. The second-order valence-electron chi connectivity index (χ2n) is 4.67. The Morgan fingerprint density at radius 2 is 2.00 bits per heavy atom. The third-order valence-corrected chi connectivity index (χ3v) is 3.15.